The van der Waals surface area contributed by atoms with Gasteiger partial charge in [0.15, 0.2) is 0 Å². The number of aryl methyl sites for hydroxylation is 1. The molecule has 0 radical (unpaired) electrons. The number of fused-ring (bicyclic) bond motifs is 1. The average Bonchev–Trinajstić information content (AvgIpc) is 2.18. The first-order chi connectivity index (χ1) is 6.31. The number of aromatic amines is 1. The van der Waals surface area contributed by atoms with E-state index < -0.39 is 0 Å². The highest BCUT2D eigenvalue weighted by atomic mass is 32.2. The third-order valence-corrected chi connectivity index (χ3v) is 2.98. The number of anilines is 1. The molecule has 13 heavy (non-hydrogen) atoms. The summed E-state index contributed by atoms with van der Waals surface area (Å²) < 4.78 is 0. The van der Waals surface area contributed by atoms with E-state index in [0.717, 1.165) is 35.3 Å². The number of hydrogen-bond donors (Lipinski definition) is 2. The summed E-state index contributed by atoms with van der Waals surface area (Å²) in [6.07, 6.45) is 0.759. The highest BCUT2D eigenvalue weighted by molar-refractivity contribution is 7.99. The van der Waals surface area contributed by atoms with Crippen molar-refractivity contribution in [3.63, 3.8) is 0 Å². The van der Waals surface area contributed by atoms with E-state index in [-0.39, 0.29) is 5.56 Å². The normalized spacial score (nSPS) is 14.8. The van der Waals surface area contributed by atoms with Gasteiger partial charge in [-0.25, -0.2) is 4.98 Å². The van der Waals surface area contributed by atoms with E-state index in [4.69, 9.17) is 0 Å². The average molecular weight is 197 g/mol. The van der Waals surface area contributed by atoms with Crippen molar-refractivity contribution in [2.75, 3.05) is 17.6 Å². The quantitative estimate of drug-likeness (QED) is 0.700. The molecule has 0 saturated carbocycles. The van der Waals surface area contributed by atoms with Crippen LogP contribution in [0.25, 0.3) is 0 Å². The number of thioether (sulfide) groups is 1. The van der Waals surface area contributed by atoms with E-state index in [2.05, 4.69) is 15.3 Å². The van der Waals surface area contributed by atoms with Crippen LogP contribution in [0.2, 0.25) is 0 Å². The van der Waals surface area contributed by atoms with Crippen molar-refractivity contribution < 1.29 is 0 Å². The minimum absolute atomic E-state index is 0.0148. The molecule has 0 amide bonds. The lowest BCUT2D eigenvalue weighted by Gasteiger charge is -2.15. The number of nitrogens with zero attached hydrogens (tertiary/aromatic N) is 1. The zero-order valence-electron chi connectivity index (χ0n) is 7.39. The van der Waals surface area contributed by atoms with Gasteiger partial charge in [0.1, 0.15) is 16.5 Å². The second-order valence-electron chi connectivity index (χ2n) is 2.82. The van der Waals surface area contributed by atoms with Crippen molar-refractivity contribution in [2.24, 2.45) is 0 Å². The fourth-order valence-electron chi connectivity index (χ4n) is 1.25. The smallest absolute Gasteiger partial charge is 0.266 e. The predicted octanol–water partition coefficient (Wildman–Crippen LogP) is 0.850. The van der Waals surface area contributed by atoms with Crippen LogP contribution < -0.4 is 10.9 Å². The number of H-pyrrole nitrogens is 1. The Hall–Kier alpha value is -0.970. The summed E-state index contributed by atoms with van der Waals surface area (Å²) in [6, 6.07) is 0. The van der Waals surface area contributed by atoms with Gasteiger partial charge < -0.3 is 10.3 Å². The predicted molar refractivity (Wildman–Crippen MR) is 53.4 cm³/mol. The maximum Gasteiger partial charge on any atom is 0.266 e. The first-order valence-electron chi connectivity index (χ1n) is 4.31. The Morgan fingerprint density at radius 3 is 3.23 bits per heavy atom. The third-order valence-electron chi connectivity index (χ3n) is 1.90. The monoisotopic (exact) mass is 197 g/mol. The van der Waals surface area contributed by atoms with Crippen LogP contribution in [-0.4, -0.2) is 22.3 Å². The number of aromatic nitrogens is 2. The van der Waals surface area contributed by atoms with Crippen molar-refractivity contribution in [3.8, 4) is 0 Å². The SMILES string of the molecule is CCc1nc2c(c(=O)[nH]1)SCCN2. The van der Waals surface area contributed by atoms with Crippen LogP contribution in [0.5, 0.6) is 0 Å². The Morgan fingerprint density at radius 2 is 2.46 bits per heavy atom. The van der Waals surface area contributed by atoms with E-state index in [1.54, 1.807) is 11.8 Å². The minimum atomic E-state index is -0.0148. The lowest BCUT2D eigenvalue weighted by Crippen LogP contribution is -2.22. The summed E-state index contributed by atoms with van der Waals surface area (Å²) in [4.78, 5) is 19.3. The molecule has 0 spiro atoms. The van der Waals surface area contributed by atoms with Gasteiger partial charge in [-0.05, 0) is 0 Å². The molecule has 0 fully saturated rings. The molecule has 2 heterocycles. The van der Waals surface area contributed by atoms with Crippen molar-refractivity contribution in [1.82, 2.24) is 9.97 Å². The topological polar surface area (TPSA) is 57.8 Å². The maximum atomic E-state index is 11.5. The molecule has 0 saturated heterocycles. The van der Waals surface area contributed by atoms with Gasteiger partial charge >= 0.3 is 0 Å². The summed E-state index contributed by atoms with van der Waals surface area (Å²) in [6.45, 7) is 2.86. The van der Waals surface area contributed by atoms with Gasteiger partial charge in [-0.15, -0.1) is 11.8 Å². The molecule has 1 aliphatic rings. The van der Waals surface area contributed by atoms with Gasteiger partial charge in [-0.2, -0.15) is 0 Å². The highest BCUT2D eigenvalue weighted by Gasteiger charge is 2.14. The van der Waals surface area contributed by atoms with Crippen molar-refractivity contribution in [1.29, 1.82) is 0 Å². The Balaban J connectivity index is 2.53. The standard InChI is InChI=1S/C8H11N3OS/c1-2-5-10-7-6(8(12)11-5)13-4-3-9-7/h2-4H2,1H3,(H2,9,10,11,12). The summed E-state index contributed by atoms with van der Waals surface area (Å²) in [5, 5.41) is 3.13. The van der Waals surface area contributed by atoms with E-state index in [1.807, 2.05) is 6.92 Å². The molecule has 1 aromatic rings. The van der Waals surface area contributed by atoms with E-state index >= 15 is 0 Å². The maximum absolute atomic E-state index is 11.5. The summed E-state index contributed by atoms with van der Waals surface area (Å²) in [5.41, 5.74) is -0.0148. The van der Waals surface area contributed by atoms with Gasteiger partial charge in [0.2, 0.25) is 0 Å². The van der Waals surface area contributed by atoms with Gasteiger partial charge in [0, 0.05) is 18.7 Å². The molecule has 4 nitrogen and oxygen atoms in total. The molecule has 1 aliphatic heterocycles. The van der Waals surface area contributed by atoms with Crippen molar-refractivity contribution >= 4 is 17.6 Å². The Bertz CT molecular complexity index is 374. The van der Waals surface area contributed by atoms with E-state index in [9.17, 15) is 4.79 Å². The molecule has 0 aromatic carbocycles. The summed E-state index contributed by atoms with van der Waals surface area (Å²) in [7, 11) is 0. The Labute approximate surface area is 80.2 Å². The van der Waals surface area contributed by atoms with Crippen LogP contribution in [0.3, 0.4) is 0 Å². The number of nitrogens with one attached hydrogen (secondary N) is 2. The minimum Gasteiger partial charge on any atom is -0.368 e. The highest BCUT2D eigenvalue weighted by Crippen LogP contribution is 2.24. The molecule has 2 rings (SSSR count). The lowest BCUT2D eigenvalue weighted by atomic mass is 10.4. The molecular formula is C8H11N3OS. The van der Waals surface area contributed by atoms with Gasteiger partial charge in [0.05, 0.1) is 0 Å². The Kier molecular flexibility index (Phi) is 2.26. The first kappa shape index (κ1) is 8.62. The van der Waals surface area contributed by atoms with Crippen LogP contribution in [0.1, 0.15) is 12.7 Å². The molecule has 5 heteroatoms. The zero-order chi connectivity index (χ0) is 9.26. The zero-order valence-corrected chi connectivity index (χ0v) is 8.20. The van der Waals surface area contributed by atoms with Gasteiger partial charge in [-0.3, -0.25) is 4.79 Å². The molecule has 1 aromatic heterocycles. The van der Waals surface area contributed by atoms with Gasteiger partial charge in [0.25, 0.3) is 5.56 Å². The van der Waals surface area contributed by atoms with Gasteiger partial charge in [-0.1, -0.05) is 6.92 Å². The molecule has 2 N–H and O–H groups in total. The number of hydrogen-bond acceptors (Lipinski definition) is 4. The second kappa shape index (κ2) is 3.41. The van der Waals surface area contributed by atoms with Crippen LogP contribution in [0.4, 0.5) is 5.82 Å². The number of rotatable bonds is 1. The van der Waals surface area contributed by atoms with Crippen LogP contribution in [0, 0.1) is 0 Å². The molecule has 0 bridgehead atoms. The molecule has 0 unspecified atom stereocenters. The molecule has 0 aliphatic carbocycles. The molecule has 70 valence electrons. The summed E-state index contributed by atoms with van der Waals surface area (Å²) in [5.74, 6) is 2.43. The van der Waals surface area contributed by atoms with E-state index in [0.29, 0.717) is 0 Å². The van der Waals surface area contributed by atoms with Crippen LogP contribution in [-0.2, 0) is 6.42 Å². The fraction of sp³-hybridized carbons (Fsp3) is 0.500. The van der Waals surface area contributed by atoms with Crippen LogP contribution >= 0.6 is 11.8 Å². The van der Waals surface area contributed by atoms with Crippen molar-refractivity contribution in [3.05, 3.63) is 16.2 Å². The largest absolute Gasteiger partial charge is 0.368 e. The fourth-order valence-corrected chi connectivity index (χ4v) is 2.10. The van der Waals surface area contributed by atoms with Crippen molar-refractivity contribution in [2.45, 2.75) is 18.2 Å². The molecule has 0 atom stereocenters. The second-order valence-corrected chi connectivity index (χ2v) is 3.92. The lowest BCUT2D eigenvalue weighted by molar-refractivity contribution is 0.883. The molecular weight excluding hydrogens is 186 g/mol. The summed E-state index contributed by atoms with van der Waals surface area (Å²) >= 11 is 1.57. The first-order valence-corrected chi connectivity index (χ1v) is 5.29. The van der Waals surface area contributed by atoms with E-state index in [1.165, 1.54) is 0 Å². The van der Waals surface area contributed by atoms with Crippen LogP contribution in [0.15, 0.2) is 9.69 Å². The third kappa shape index (κ3) is 1.56. The Morgan fingerprint density at radius 1 is 1.62 bits per heavy atom.